The van der Waals surface area contributed by atoms with Crippen molar-refractivity contribution in [3.8, 4) is 0 Å². The van der Waals surface area contributed by atoms with E-state index < -0.39 is 24.0 Å². The molecule has 1 rings (SSSR count). The molecule has 0 saturated heterocycles. The number of methoxy groups -OCH3 is 1. The number of carboxylic acid groups (broad SMARTS) is 1. The van der Waals surface area contributed by atoms with Gasteiger partial charge in [0.1, 0.15) is 12.6 Å². The monoisotopic (exact) mass is 300 g/mol. The van der Waals surface area contributed by atoms with Crippen molar-refractivity contribution in [3.63, 3.8) is 0 Å². The average Bonchev–Trinajstić information content (AvgIpc) is 2.94. The van der Waals surface area contributed by atoms with Gasteiger partial charge in [-0.05, 0) is 18.8 Å². The van der Waals surface area contributed by atoms with Crippen LogP contribution in [0.25, 0.3) is 0 Å². The molecule has 0 aromatic rings. The Kier molecular flexibility index (Phi) is 6.45. The van der Waals surface area contributed by atoms with Gasteiger partial charge in [-0.2, -0.15) is 0 Å². The summed E-state index contributed by atoms with van der Waals surface area (Å²) in [6, 6.07) is -1.37. The number of amides is 2. The van der Waals surface area contributed by atoms with E-state index in [4.69, 9.17) is 5.11 Å². The highest BCUT2D eigenvalue weighted by atomic mass is 16.5. The maximum absolute atomic E-state index is 12.3. The lowest BCUT2D eigenvalue weighted by molar-refractivity contribution is -0.144. The maximum Gasteiger partial charge on any atom is 0.328 e. The molecule has 2 amide bonds. The Labute approximate surface area is 124 Å². The number of nitrogens with one attached hydrogen (secondary N) is 1. The summed E-state index contributed by atoms with van der Waals surface area (Å²) in [4.78, 5) is 36.3. The Balaban J connectivity index is 2.78. The molecule has 120 valence electrons. The van der Waals surface area contributed by atoms with Crippen LogP contribution in [0.15, 0.2) is 0 Å². The lowest BCUT2D eigenvalue weighted by atomic mass is 10.0. The van der Waals surface area contributed by atoms with Crippen molar-refractivity contribution in [1.82, 2.24) is 10.2 Å². The van der Waals surface area contributed by atoms with Crippen molar-refractivity contribution in [2.24, 2.45) is 5.92 Å². The Bertz CT molecular complexity index is 391. The van der Waals surface area contributed by atoms with Crippen LogP contribution < -0.4 is 5.32 Å². The summed E-state index contributed by atoms with van der Waals surface area (Å²) in [6.45, 7) is 3.22. The van der Waals surface area contributed by atoms with Crippen LogP contribution in [0.1, 0.15) is 39.5 Å². The third-order valence-electron chi connectivity index (χ3n) is 3.73. The van der Waals surface area contributed by atoms with Gasteiger partial charge in [0.05, 0.1) is 7.11 Å². The highest BCUT2D eigenvalue weighted by Crippen LogP contribution is 2.23. The summed E-state index contributed by atoms with van der Waals surface area (Å²) in [6.07, 6.45) is 3.56. The molecule has 1 fully saturated rings. The fraction of sp³-hybridized carbons (Fsp3) is 0.786. The quantitative estimate of drug-likeness (QED) is 0.719. The lowest BCUT2D eigenvalue weighted by Crippen LogP contribution is -2.54. The van der Waals surface area contributed by atoms with Crippen LogP contribution in [0.4, 0.5) is 4.79 Å². The highest BCUT2D eigenvalue weighted by molar-refractivity contribution is 5.85. The van der Waals surface area contributed by atoms with Crippen LogP contribution in [0.5, 0.6) is 0 Å². The molecular weight excluding hydrogens is 276 g/mol. The first kappa shape index (κ1) is 17.3. The zero-order chi connectivity index (χ0) is 16.0. The number of ether oxygens (including phenoxy) is 1. The van der Waals surface area contributed by atoms with Crippen molar-refractivity contribution < 1.29 is 24.2 Å². The molecule has 7 nitrogen and oxygen atoms in total. The summed E-state index contributed by atoms with van der Waals surface area (Å²) < 4.78 is 4.67. The second kappa shape index (κ2) is 7.85. The zero-order valence-corrected chi connectivity index (χ0v) is 12.8. The number of esters is 1. The molecule has 1 unspecified atom stereocenters. The predicted molar refractivity (Wildman–Crippen MR) is 75.8 cm³/mol. The van der Waals surface area contributed by atoms with E-state index in [0.717, 1.165) is 25.7 Å². The van der Waals surface area contributed by atoms with Crippen molar-refractivity contribution in [2.75, 3.05) is 13.7 Å². The summed E-state index contributed by atoms with van der Waals surface area (Å²) in [5.41, 5.74) is 0. The first-order chi connectivity index (χ1) is 9.86. The van der Waals surface area contributed by atoms with E-state index in [2.05, 4.69) is 10.1 Å². The van der Waals surface area contributed by atoms with Gasteiger partial charge in [0.15, 0.2) is 0 Å². The topological polar surface area (TPSA) is 95.9 Å². The van der Waals surface area contributed by atoms with E-state index in [0.29, 0.717) is 0 Å². The minimum atomic E-state index is -1.06. The minimum absolute atomic E-state index is 0.0773. The van der Waals surface area contributed by atoms with Gasteiger partial charge in [0.25, 0.3) is 0 Å². The second-order valence-corrected chi connectivity index (χ2v) is 5.65. The molecule has 0 radical (unpaired) electrons. The van der Waals surface area contributed by atoms with E-state index in [1.807, 2.05) is 0 Å². The third kappa shape index (κ3) is 4.91. The Morgan fingerprint density at radius 3 is 2.29 bits per heavy atom. The molecule has 2 N–H and O–H groups in total. The van der Waals surface area contributed by atoms with Crippen LogP contribution in [-0.4, -0.2) is 53.7 Å². The van der Waals surface area contributed by atoms with Gasteiger partial charge in [-0.1, -0.05) is 26.7 Å². The summed E-state index contributed by atoms with van der Waals surface area (Å²) >= 11 is 0. The van der Waals surface area contributed by atoms with E-state index in [-0.39, 0.29) is 18.5 Å². The van der Waals surface area contributed by atoms with Crippen molar-refractivity contribution >= 4 is 18.0 Å². The van der Waals surface area contributed by atoms with Crippen LogP contribution in [0.3, 0.4) is 0 Å². The van der Waals surface area contributed by atoms with E-state index in [1.54, 1.807) is 13.8 Å². The largest absolute Gasteiger partial charge is 0.480 e. The molecular formula is C14H24N2O5. The molecule has 1 aliphatic rings. The summed E-state index contributed by atoms with van der Waals surface area (Å²) in [5.74, 6) is -1.73. The second-order valence-electron chi connectivity index (χ2n) is 5.65. The van der Waals surface area contributed by atoms with Crippen LogP contribution in [-0.2, 0) is 14.3 Å². The zero-order valence-electron chi connectivity index (χ0n) is 12.8. The Morgan fingerprint density at radius 1 is 1.29 bits per heavy atom. The lowest BCUT2D eigenvalue weighted by Gasteiger charge is -2.30. The molecule has 21 heavy (non-hydrogen) atoms. The number of hydrogen-bond donors (Lipinski definition) is 2. The number of urea groups is 1. The first-order valence-corrected chi connectivity index (χ1v) is 7.23. The average molecular weight is 300 g/mol. The Morgan fingerprint density at radius 2 is 1.86 bits per heavy atom. The molecule has 1 aliphatic carbocycles. The van der Waals surface area contributed by atoms with Crippen LogP contribution >= 0.6 is 0 Å². The number of nitrogens with zero attached hydrogens (tertiary/aromatic N) is 1. The number of carbonyl (C=O) groups is 3. The molecule has 7 heteroatoms. The molecule has 0 aliphatic heterocycles. The van der Waals surface area contributed by atoms with Gasteiger partial charge in [0.2, 0.25) is 0 Å². The van der Waals surface area contributed by atoms with E-state index in [1.165, 1.54) is 12.0 Å². The smallest absolute Gasteiger partial charge is 0.328 e. The standard InChI is InChI=1S/C14H24N2O5/c1-9(2)12(13(19)21-3)15-14(20)16(8-11(17)18)10-6-4-5-7-10/h9-10,12H,4-8H2,1-3H3,(H,15,20)(H,17,18). The van der Waals surface area contributed by atoms with Crippen molar-refractivity contribution in [3.05, 3.63) is 0 Å². The van der Waals surface area contributed by atoms with Crippen LogP contribution in [0, 0.1) is 5.92 Å². The SMILES string of the molecule is COC(=O)C(NC(=O)N(CC(=O)O)C1CCCC1)C(C)C. The molecule has 0 spiro atoms. The predicted octanol–water partition coefficient (Wildman–Crippen LogP) is 1.22. The molecule has 1 saturated carbocycles. The molecule has 0 aromatic carbocycles. The van der Waals surface area contributed by atoms with Gasteiger partial charge in [-0.25, -0.2) is 9.59 Å². The van der Waals surface area contributed by atoms with Gasteiger partial charge >= 0.3 is 18.0 Å². The molecule has 0 bridgehead atoms. The number of carboxylic acids is 1. The molecule has 0 heterocycles. The number of carbonyl (C=O) groups excluding carboxylic acids is 2. The molecule has 0 aromatic heterocycles. The Hall–Kier alpha value is -1.79. The number of rotatable bonds is 6. The highest BCUT2D eigenvalue weighted by Gasteiger charge is 2.32. The number of hydrogen-bond acceptors (Lipinski definition) is 4. The van der Waals surface area contributed by atoms with E-state index >= 15 is 0 Å². The number of aliphatic carboxylic acids is 1. The van der Waals surface area contributed by atoms with Crippen molar-refractivity contribution in [1.29, 1.82) is 0 Å². The first-order valence-electron chi connectivity index (χ1n) is 7.23. The fourth-order valence-electron chi connectivity index (χ4n) is 2.57. The van der Waals surface area contributed by atoms with Gasteiger partial charge in [-0.15, -0.1) is 0 Å². The summed E-state index contributed by atoms with van der Waals surface area (Å²) in [5, 5.41) is 11.6. The van der Waals surface area contributed by atoms with Crippen LogP contribution in [0.2, 0.25) is 0 Å². The molecule has 1 atom stereocenters. The third-order valence-corrected chi connectivity index (χ3v) is 3.73. The van der Waals surface area contributed by atoms with Crippen molar-refractivity contribution in [2.45, 2.75) is 51.6 Å². The summed E-state index contributed by atoms with van der Waals surface area (Å²) in [7, 11) is 1.26. The normalized spacial score (nSPS) is 16.6. The minimum Gasteiger partial charge on any atom is -0.480 e. The van der Waals surface area contributed by atoms with Gasteiger partial charge in [0, 0.05) is 6.04 Å². The van der Waals surface area contributed by atoms with E-state index in [9.17, 15) is 14.4 Å². The van der Waals surface area contributed by atoms with Gasteiger partial charge < -0.3 is 20.1 Å². The fourth-order valence-corrected chi connectivity index (χ4v) is 2.57. The van der Waals surface area contributed by atoms with Gasteiger partial charge in [-0.3, -0.25) is 4.79 Å². The maximum atomic E-state index is 12.3.